The van der Waals surface area contributed by atoms with Crippen molar-refractivity contribution in [3.05, 3.63) is 38.4 Å². The Morgan fingerprint density at radius 3 is 2.57 bits per heavy atom. The number of non-ortho nitro benzene ring substituents is 1. The van der Waals surface area contributed by atoms with Gasteiger partial charge in [-0.2, -0.15) is 0 Å². The maximum Gasteiger partial charge on any atom is 0.306 e. The highest BCUT2D eigenvalue weighted by Crippen LogP contribution is 2.39. The normalized spacial score (nSPS) is 10.1. The van der Waals surface area contributed by atoms with E-state index in [2.05, 4.69) is 0 Å². The minimum atomic E-state index is -0.685. The SMILES string of the molecule is CCOC(=O)CCSSc1ccc([N+](=O)[O-])cc1[N+](=O)[O-]. The molecule has 1 aromatic rings. The Morgan fingerprint density at radius 2 is 2.00 bits per heavy atom. The van der Waals surface area contributed by atoms with E-state index in [9.17, 15) is 25.0 Å². The number of rotatable bonds is 8. The first kappa shape index (κ1) is 17.2. The fourth-order valence-corrected chi connectivity index (χ4v) is 3.40. The van der Waals surface area contributed by atoms with Crippen LogP contribution in [0.4, 0.5) is 11.4 Å². The Kier molecular flexibility index (Phi) is 6.96. The standard InChI is InChI=1S/C11H12N2O6S2/c1-2-19-11(14)5-6-20-21-10-4-3-8(12(15)16)7-9(10)13(17)18/h3-4,7H,2,5-6H2,1H3. The molecule has 0 aliphatic carbocycles. The molecular weight excluding hydrogens is 320 g/mol. The molecule has 0 amide bonds. The van der Waals surface area contributed by atoms with Gasteiger partial charge < -0.3 is 4.74 Å². The van der Waals surface area contributed by atoms with Gasteiger partial charge in [0, 0.05) is 11.8 Å². The van der Waals surface area contributed by atoms with Gasteiger partial charge in [-0.1, -0.05) is 21.6 Å². The van der Waals surface area contributed by atoms with Crippen molar-refractivity contribution in [1.82, 2.24) is 0 Å². The van der Waals surface area contributed by atoms with Crippen LogP contribution in [0, 0.1) is 20.2 Å². The second kappa shape index (κ2) is 8.47. The number of nitro groups is 2. The third-order valence-electron chi connectivity index (χ3n) is 2.19. The molecule has 0 aliphatic rings. The summed E-state index contributed by atoms with van der Waals surface area (Å²) in [4.78, 5) is 31.6. The molecule has 0 unspecified atom stereocenters. The maximum atomic E-state index is 11.1. The van der Waals surface area contributed by atoms with Crippen molar-refractivity contribution in [3.63, 3.8) is 0 Å². The molecule has 0 aromatic heterocycles. The number of carbonyl (C=O) groups excluding carboxylic acids is 1. The van der Waals surface area contributed by atoms with Crippen molar-refractivity contribution in [2.75, 3.05) is 12.4 Å². The van der Waals surface area contributed by atoms with Crippen molar-refractivity contribution >= 4 is 38.9 Å². The predicted molar refractivity (Wildman–Crippen MR) is 79.3 cm³/mol. The summed E-state index contributed by atoms with van der Waals surface area (Å²) >= 11 is 0. The van der Waals surface area contributed by atoms with E-state index in [1.54, 1.807) is 6.92 Å². The molecule has 1 aromatic carbocycles. The van der Waals surface area contributed by atoms with Crippen LogP contribution in [0.25, 0.3) is 0 Å². The highest BCUT2D eigenvalue weighted by molar-refractivity contribution is 8.76. The van der Waals surface area contributed by atoms with E-state index in [1.165, 1.54) is 22.9 Å². The van der Waals surface area contributed by atoms with Crippen LogP contribution in [0.3, 0.4) is 0 Å². The van der Waals surface area contributed by atoms with Crippen molar-refractivity contribution < 1.29 is 19.4 Å². The zero-order valence-corrected chi connectivity index (χ0v) is 12.6. The largest absolute Gasteiger partial charge is 0.466 e. The van der Waals surface area contributed by atoms with Gasteiger partial charge in [-0.3, -0.25) is 25.0 Å². The lowest BCUT2D eigenvalue weighted by atomic mass is 10.3. The third kappa shape index (κ3) is 5.60. The van der Waals surface area contributed by atoms with Crippen LogP contribution in [0.15, 0.2) is 23.1 Å². The van der Waals surface area contributed by atoms with E-state index in [0.717, 1.165) is 16.9 Å². The predicted octanol–water partition coefficient (Wildman–Crippen LogP) is 3.20. The Labute approximate surface area is 127 Å². The number of hydrogen-bond acceptors (Lipinski definition) is 8. The highest BCUT2D eigenvalue weighted by atomic mass is 33.1. The Hall–Kier alpha value is -1.81. The fraction of sp³-hybridized carbons (Fsp3) is 0.364. The fourth-order valence-electron chi connectivity index (χ4n) is 1.30. The number of benzene rings is 1. The summed E-state index contributed by atoms with van der Waals surface area (Å²) in [5.74, 6) is 0.0984. The molecule has 0 atom stereocenters. The number of nitro benzene ring substituents is 2. The van der Waals surface area contributed by atoms with Gasteiger partial charge in [0.25, 0.3) is 11.4 Å². The third-order valence-corrected chi connectivity index (χ3v) is 4.60. The van der Waals surface area contributed by atoms with E-state index in [4.69, 9.17) is 4.74 Å². The molecule has 8 nitrogen and oxygen atoms in total. The van der Waals surface area contributed by atoms with Crippen molar-refractivity contribution in [2.45, 2.75) is 18.2 Å². The van der Waals surface area contributed by atoms with Crippen LogP contribution < -0.4 is 0 Å². The van der Waals surface area contributed by atoms with Crippen LogP contribution in [-0.4, -0.2) is 28.2 Å². The van der Waals surface area contributed by atoms with Crippen LogP contribution in [0.1, 0.15) is 13.3 Å². The highest BCUT2D eigenvalue weighted by Gasteiger charge is 2.19. The minimum Gasteiger partial charge on any atom is -0.466 e. The molecule has 114 valence electrons. The molecule has 0 N–H and O–H groups in total. The van der Waals surface area contributed by atoms with Crippen LogP contribution in [0.2, 0.25) is 0 Å². The Balaban J connectivity index is 2.64. The summed E-state index contributed by atoms with van der Waals surface area (Å²) in [6.45, 7) is 2.02. The monoisotopic (exact) mass is 332 g/mol. The summed E-state index contributed by atoms with van der Waals surface area (Å²) in [5.41, 5.74) is -0.652. The molecule has 10 heteroatoms. The first-order chi connectivity index (χ1) is 9.95. The number of carbonyl (C=O) groups is 1. The molecule has 0 spiro atoms. The van der Waals surface area contributed by atoms with Crippen LogP contribution >= 0.6 is 21.6 Å². The summed E-state index contributed by atoms with van der Waals surface area (Å²) < 4.78 is 4.75. The molecule has 0 saturated heterocycles. The lowest BCUT2D eigenvalue weighted by Crippen LogP contribution is -2.04. The molecule has 0 heterocycles. The number of nitrogens with zero attached hydrogens (tertiary/aromatic N) is 2. The zero-order chi connectivity index (χ0) is 15.8. The van der Waals surface area contributed by atoms with Gasteiger partial charge in [0.1, 0.15) is 0 Å². The summed E-state index contributed by atoms with van der Waals surface area (Å²) in [7, 11) is 2.35. The van der Waals surface area contributed by atoms with Crippen LogP contribution in [-0.2, 0) is 9.53 Å². The van der Waals surface area contributed by atoms with Crippen molar-refractivity contribution in [3.8, 4) is 0 Å². The topological polar surface area (TPSA) is 113 Å². The molecule has 0 bridgehead atoms. The van der Waals surface area contributed by atoms with Crippen molar-refractivity contribution in [2.24, 2.45) is 0 Å². The van der Waals surface area contributed by atoms with Gasteiger partial charge >= 0.3 is 5.97 Å². The van der Waals surface area contributed by atoms with E-state index in [-0.39, 0.29) is 23.8 Å². The lowest BCUT2D eigenvalue weighted by Gasteiger charge is -2.03. The smallest absolute Gasteiger partial charge is 0.306 e. The number of ether oxygens (including phenoxy) is 1. The second-order valence-corrected chi connectivity index (χ2v) is 6.08. The van der Waals surface area contributed by atoms with Gasteiger partial charge in [-0.05, 0) is 13.0 Å². The van der Waals surface area contributed by atoms with Gasteiger partial charge in [0.05, 0.1) is 33.8 Å². The average molecular weight is 332 g/mol. The molecular formula is C11H12N2O6S2. The molecule has 0 aliphatic heterocycles. The Morgan fingerprint density at radius 1 is 1.29 bits per heavy atom. The molecule has 0 radical (unpaired) electrons. The maximum absolute atomic E-state index is 11.1. The summed E-state index contributed by atoms with van der Waals surface area (Å²) in [5, 5.41) is 21.5. The Bertz CT molecular complexity index is 552. The number of hydrogen-bond donors (Lipinski definition) is 0. The van der Waals surface area contributed by atoms with Gasteiger partial charge in [0.2, 0.25) is 0 Å². The molecule has 21 heavy (non-hydrogen) atoms. The van der Waals surface area contributed by atoms with E-state index in [1.807, 2.05) is 0 Å². The zero-order valence-electron chi connectivity index (χ0n) is 11.0. The van der Waals surface area contributed by atoms with E-state index < -0.39 is 9.85 Å². The quantitative estimate of drug-likeness (QED) is 0.234. The molecule has 0 fully saturated rings. The molecule has 0 saturated carbocycles. The van der Waals surface area contributed by atoms with Gasteiger partial charge in [-0.25, -0.2) is 0 Å². The van der Waals surface area contributed by atoms with Gasteiger partial charge in [0.15, 0.2) is 0 Å². The van der Waals surface area contributed by atoms with Crippen LogP contribution in [0.5, 0.6) is 0 Å². The van der Waals surface area contributed by atoms with E-state index in [0.29, 0.717) is 17.3 Å². The summed E-state index contributed by atoms with van der Waals surface area (Å²) in [6, 6.07) is 3.47. The lowest BCUT2D eigenvalue weighted by molar-refractivity contribution is -0.396. The second-order valence-electron chi connectivity index (χ2n) is 3.63. The molecule has 1 rings (SSSR count). The first-order valence-corrected chi connectivity index (χ1v) is 8.15. The first-order valence-electron chi connectivity index (χ1n) is 5.83. The van der Waals surface area contributed by atoms with E-state index >= 15 is 0 Å². The number of esters is 1. The minimum absolute atomic E-state index is 0.201. The average Bonchev–Trinajstić information content (AvgIpc) is 2.43. The van der Waals surface area contributed by atoms with Crippen molar-refractivity contribution in [1.29, 1.82) is 0 Å². The summed E-state index contributed by atoms with van der Waals surface area (Å²) in [6.07, 6.45) is 0.201. The van der Waals surface area contributed by atoms with Gasteiger partial charge in [-0.15, -0.1) is 0 Å².